The smallest absolute Gasteiger partial charge is 0.242 e. The highest BCUT2D eigenvalue weighted by molar-refractivity contribution is 5.81. The predicted molar refractivity (Wildman–Crippen MR) is 142 cm³/mol. The number of anilines is 1. The van der Waals surface area contributed by atoms with Gasteiger partial charge in [-0.1, -0.05) is 54.1 Å². The summed E-state index contributed by atoms with van der Waals surface area (Å²) in [4.78, 5) is 20.0. The molecule has 1 fully saturated rings. The van der Waals surface area contributed by atoms with E-state index in [1.165, 1.54) is 41.6 Å². The first-order valence-corrected chi connectivity index (χ1v) is 12.7. The van der Waals surface area contributed by atoms with Gasteiger partial charge in [-0.05, 0) is 69.0 Å². The van der Waals surface area contributed by atoms with Gasteiger partial charge in [0.15, 0.2) is 0 Å². The lowest BCUT2D eigenvalue weighted by Crippen LogP contribution is -2.41. The molecule has 0 radical (unpaired) electrons. The molecular formula is C29H40N4O. The number of nitrogens with one attached hydrogen (secondary N) is 1. The summed E-state index contributed by atoms with van der Waals surface area (Å²) in [5.74, 6) is 1.07. The van der Waals surface area contributed by atoms with E-state index in [2.05, 4.69) is 72.5 Å². The Morgan fingerprint density at radius 1 is 1.09 bits per heavy atom. The van der Waals surface area contributed by atoms with Crippen molar-refractivity contribution in [1.82, 2.24) is 14.7 Å². The lowest BCUT2D eigenvalue weighted by Gasteiger charge is -2.30. The number of hydrogen-bond donors (Lipinski definition) is 1. The van der Waals surface area contributed by atoms with Crippen molar-refractivity contribution in [2.24, 2.45) is 5.92 Å². The van der Waals surface area contributed by atoms with E-state index in [1.807, 2.05) is 23.1 Å². The van der Waals surface area contributed by atoms with Crippen LogP contribution in [0.2, 0.25) is 0 Å². The van der Waals surface area contributed by atoms with E-state index in [9.17, 15) is 4.79 Å². The number of fused-ring (bicyclic) bond motifs is 1. The topological polar surface area (TPSA) is 38.8 Å². The summed E-state index contributed by atoms with van der Waals surface area (Å²) < 4.78 is 0. The summed E-state index contributed by atoms with van der Waals surface area (Å²) in [5, 5.41) is 3.49. The third-order valence-electron chi connectivity index (χ3n) is 6.81. The second-order valence-electron chi connectivity index (χ2n) is 10.2. The maximum Gasteiger partial charge on any atom is 0.242 e. The Kier molecular flexibility index (Phi) is 8.41. The minimum atomic E-state index is 0.145. The van der Waals surface area contributed by atoms with Gasteiger partial charge < -0.3 is 15.1 Å². The molecule has 0 unspecified atom stereocenters. The molecule has 5 nitrogen and oxygen atoms in total. The van der Waals surface area contributed by atoms with Crippen LogP contribution in [0.1, 0.15) is 36.5 Å². The van der Waals surface area contributed by atoms with Gasteiger partial charge in [-0.25, -0.2) is 0 Å². The third kappa shape index (κ3) is 7.18. The normalized spacial score (nSPS) is 16.4. The van der Waals surface area contributed by atoms with E-state index >= 15 is 0 Å². The summed E-state index contributed by atoms with van der Waals surface area (Å²) in [6.07, 6.45) is 6.03. The van der Waals surface area contributed by atoms with Crippen LogP contribution < -0.4 is 5.32 Å². The first-order valence-electron chi connectivity index (χ1n) is 12.7. The fourth-order valence-corrected chi connectivity index (χ4v) is 4.73. The first kappa shape index (κ1) is 24.5. The van der Waals surface area contributed by atoms with Gasteiger partial charge in [-0.2, -0.15) is 0 Å². The molecule has 0 saturated heterocycles. The van der Waals surface area contributed by atoms with Crippen LogP contribution in [0.25, 0.3) is 6.08 Å². The molecule has 1 N–H and O–H groups in total. The van der Waals surface area contributed by atoms with Crippen LogP contribution in [0.3, 0.4) is 0 Å². The van der Waals surface area contributed by atoms with E-state index in [0.29, 0.717) is 13.1 Å². The Morgan fingerprint density at radius 3 is 2.62 bits per heavy atom. The number of benzene rings is 2. The Hall–Kier alpha value is -2.63. The summed E-state index contributed by atoms with van der Waals surface area (Å²) >= 11 is 0. The minimum absolute atomic E-state index is 0.145. The average Bonchev–Trinajstić information content (AvgIpc) is 3.64. The largest absolute Gasteiger partial charge is 0.376 e. The Labute approximate surface area is 205 Å². The molecule has 0 atom stereocenters. The number of rotatable bonds is 11. The molecule has 1 heterocycles. The molecule has 2 aromatic rings. The number of hydrogen-bond acceptors (Lipinski definition) is 4. The van der Waals surface area contributed by atoms with Crippen LogP contribution in [-0.4, -0.2) is 74.0 Å². The number of likely N-dealkylation sites (N-methyl/N-ethyl adjacent to an activating group) is 1. The van der Waals surface area contributed by atoms with Crippen molar-refractivity contribution in [2.45, 2.75) is 32.7 Å². The first-order chi connectivity index (χ1) is 16.5. The maximum absolute atomic E-state index is 13.3. The maximum atomic E-state index is 13.3. The highest BCUT2D eigenvalue weighted by Gasteiger charge is 2.27. The molecule has 0 aromatic heterocycles. The standard InChI is InChI=1S/C29H40N4O/c1-23(18-24-8-5-4-6-9-24)20-33(17-16-31(2)3)29(34)19-30-28-11-7-10-26-22-32(15-14-27(26)28)21-25-12-13-25/h4-11,18,25,30H,12-17,19-22H2,1-3H3/b23-18+. The fraction of sp³-hybridized carbons (Fsp3) is 0.483. The van der Waals surface area contributed by atoms with Crippen LogP contribution in [0.5, 0.6) is 0 Å². The SMILES string of the molecule is C/C(=C\c1ccccc1)CN(CCN(C)C)C(=O)CNc1cccc2c1CCN(CC1CC1)C2. The number of carbonyl (C=O) groups excluding carboxylic acids is 1. The second kappa shape index (κ2) is 11.7. The van der Waals surface area contributed by atoms with Crippen molar-refractivity contribution in [3.8, 4) is 0 Å². The molecule has 1 amide bonds. The highest BCUT2D eigenvalue weighted by atomic mass is 16.2. The predicted octanol–water partition coefficient (Wildman–Crippen LogP) is 4.36. The van der Waals surface area contributed by atoms with Gasteiger partial charge in [0.25, 0.3) is 0 Å². The molecule has 4 rings (SSSR count). The molecule has 182 valence electrons. The third-order valence-corrected chi connectivity index (χ3v) is 6.81. The Balaban J connectivity index is 1.38. The lowest BCUT2D eigenvalue weighted by atomic mass is 9.97. The van der Waals surface area contributed by atoms with Crippen molar-refractivity contribution in [1.29, 1.82) is 0 Å². The van der Waals surface area contributed by atoms with E-state index in [1.54, 1.807) is 0 Å². The van der Waals surface area contributed by atoms with Gasteiger partial charge in [0, 0.05) is 45.0 Å². The van der Waals surface area contributed by atoms with Gasteiger partial charge in [0.1, 0.15) is 0 Å². The number of carbonyl (C=O) groups is 1. The van der Waals surface area contributed by atoms with E-state index in [4.69, 9.17) is 0 Å². The van der Waals surface area contributed by atoms with Crippen molar-refractivity contribution < 1.29 is 4.79 Å². The molecule has 1 saturated carbocycles. The zero-order valence-corrected chi connectivity index (χ0v) is 21.1. The molecule has 5 heteroatoms. The zero-order valence-electron chi connectivity index (χ0n) is 21.1. The van der Waals surface area contributed by atoms with Crippen molar-refractivity contribution in [3.63, 3.8) is 0 Å². The van der Waals surface area contributed by atoms with Gasteiger partial charge in [-0.3, -0.25) is 9.69 Å². The monoisotopic (exact) mass is 460 g/mol. The van der Waals surface area contributed by atoms with Crippen molar-refractivity contribution in [3.05, 3.63) is 70.8 Å². The van der Waals surface area contributed by atoms with E-state index < -0.39 is 0 Å². The van der Waals surface area contributed by atoms with Crippen molar-refractivity contribution in [2.75, 3.05) is 58.7 Å². The van der Waals surface area contributed by atoms with Gasteiger partial charge >= 0.3 is 0 Å². The minimum Gasteiger partial charge on any atom is -0.376 e. The molecule has 1 aliphatic carbocycles. The van der Waals surface area contributed by atoms with Crippen LogP contribution in [0, 0.1) is 5.92 Å². The lowest BCUT2D eigenvalue weighted by molar-refractivity contribution is -0.129. The van der Waals surface area contributed by atoms with E-state index in [-0.39, 0.29) is 5.91 Å². The van der Waals surface area contributed by atoms with E-state index in [0.717, 1.165) is 44.2 Å². The number of nitrogens with zero attached hydrogens (tertiary/aromatic N) is 3. The van der Waals surface area contributed by atoms with Crippen LogP contribution >= 0.6 is 0 Å². The zero-order chi connectivity index (χ0) is 23.9. The molecule has 0 spiro atoms. The van der Waals surface area contributed by atoms with Gasteiger partial charge in [-0.15, -0.1) is 0 Å². The summed E-state index contributed by atoms with van der Waals surface area (Å²) in [7, 11) is 4.10. The molecule has 1 aliphatic heterocycles. The summed E-state index contributed by atoms with van der Waals surface area (Å²) in [5.41, 5.74) is 6.29. The van der Waals surface area contributed by atoms with Crippen LogP contribution in [0.4, 0.5) is 5.69 Å². The molecule has 2 aromatic carbocycles. The molecule has 2 aliphatic rings. The molecular weight excluding hydrogens is 420 g/mol. The van der Waals surface area contributed by atoms with Crippen molar-refractivity contribution >= 4 is 17.7 Å². The highest BCUT2D eigenvalue weighted by Crippen LogP contribution is 2.32. The Morgan fingerprint density at radius 2 is 1.88 bits per heavy atom. The molecule has 34 heavy (non-hydrogen) atoms. The second-order valence-corrected chi connectivity index (χ2v) is 10.2. The molecule has 0 bridgehead atoms. The fourth-order valence-electron chi connectivity index (χ4n) is 4.73. The summed E-state index contributed by atoms with van der Waals surface area (Å²) in [6.45, 7) is 8.05. The van der Waals surface area contributed by atoms with Crippen LogP contribution in [0.15, 0.2) is 54.1 Å². The van der Waals surface area contributed by atoms with Gasteiger partial charge in [0.2, 0.25) is 5.91 Å². The summed E-state index contributed by atoms with van der Waals surface area (Å²) in [6, 6.07) is 16.8. The van der Waals surface area contributed by atoms with Crippen LogP contribution in [-0.2, 0) is 17.8 Å². The van der Waals surface area contributed by atoms with Gasteiger partial charge in [0.05, 0.1) is 6.54 Å². The number of amides is 1. The quantitative estimate of drug-likeness (QED) is 0.541. The Bertz CT molecular complexity index is 981. The average molecular weight is 461 g/mol.